The Bertz CT molecular complexity index is 862. The van der Waals surface area contributed by atoms with Crippen molar-refractivity contribution in [1.82, 2.24) is 20.9 Å². The van der Waals surface area contributed by atoms with E-state index in [0.29, 0.717) is 30.7 Å². The largest absolute Gasteiger partial charge is 0.459 e. The van der Waals surface area contributed by atoms with Crippen LogP contribution in [0, 0.1) is 12.7 Å². The number of piperidine rings is 1. The van der Waals surface area contributed by atoms with Gasteiger partial charge in [0.15, 0.2) is 5.96 Å². The molecule has 1 amide bonds. The summed E-state index contributed by atoms with van der Waals surface area (Å²) in [5.74, 6) is 1.25. The average molecular weight is 517 g/mol. The third-order valence-electron chi connectivity index (χ3n) is 5.21. The summed E-state index contributed by atoms with van der Waals surface area (Å²) in [4.78, 5) is 17.9. The Balaban J connectivity index is 0.00000300. The predicted octanol–water partition coefficient (Wildman–Crippen LogP) is 2.37. The van der Waals surface area contributed by atoms with Gasteiger partial charge in [0.25, 0.3) is 0 Å². The number of aliphatic imine (C=N–C) groups is 1. The Labute approximate surface area is 187 Å². The van der Waals surface area contributed by atoms with Gasteiger partial charge in [0.2, 0.25) is 5.91 Å². The summed E-state index contributed by atoms with van der Waals surface area (Å²) in [6.45, 7) is 4.59. The maximum atomic E-state index is 13.5. The van der Waals surface area contributed by atoms with Gasteiger partial charge in [-0.05, 0) is 38.0 Å². The Hall–Kier alpha value is -1.88. The van der Waals surface area contributed by atoms with Crippen LogP contribution >= 0.6 is 24.0 Å². The molecule has 0 aliphatic carbocycles. The normalized spacial score (nSPS) is 15.8. The van der Waals surface area contributed by atoms with Gasteiger partial charge in [0.1, 0.15) is 17.2 Å². The smallest absolute Gasteiger partial charge is 0.233 e. The van der Waals surface area contributed by atoms with Crippen LogP contribution in [0.4, 0.5) is 4.39 Å². The molecule has 9 heteroatoms. The number of fused-ring (bicyclic) bond motifs is 1. The SMILES string of the molecule is CN=C(NCc1oc2ccc(F)cc2c1C)NC1CCN(CC(=O)NC)CC1.I. The first kappa shape index (κ1) is 23.4. The van der Waals surface area contributed by atoms with Crippen molar-refractivity contribution >= 4 is 46.8 Å². The van der Waals surface area contributed by atoms with Crippen LogP contribution in [0.15, 0.2) is 27.6 Å². The zero-order chi connectivity index (χ0) is 20.1. The maximum absolute atomic E-state index is 13.5. The third kappa shape index (κ3) is 6.05. The summed E-state index contributed by atoms with van der Waals surface area (Å²) in [6.07, 6.45) is 1.89. The number of hydrogen-bond donors (Lipinski definition) is 3. The molecule has 29 heavy (non-hydrogen) atoms. The van der Waals surface area contributed by atoms with Crippen LogP contribution in [-0.2, 0) is 11.3 Å². The van der Waals surface area contributed by atoms with E-state index in [-0.39, 0.29) is 35.7 Å². The summed E-state index contributed by atoms with van der Waals surface area (Å²) >= 11 is 0. The van der Waals surface area contributed by atoms with Crippen molar-refractivity contribution in [3.63, 3.8) is 0 Å². The number of nitrogens with one attached hydrogen (secondary N) is 3. The van der Waals surface area contributed by atoms with Crippen molar-refractivity contribution in [2.24, 2.45) is 4.99 Å². The van der Waals surface area contributed by atoms with Gasteiger partial charge in [0, 0.05) is 44.2 Å². The standard InChI is InChI=1S/C20H28FN5O2.HI/c1-13-16-10-14(21)4-5-17(16)28-18(13)11-24-20(23-3)25-15-6-8-26(9-7-15)12-19(27)22-2;/h4-5,10,15H,6-9,11-12H2,1-3H3,(H,22,27)(H2,23,24,25);1H. The van der Waals surface area contributed by atoms with Gasteiger partial charge in [-0.25, -0.2) is 4.39 Å². The molecule has 1 fully saturated rings. The lowest BCUT2D eigenvalue weighted by atomic mass is 10.1. The van der Waals surface area contributed by atoms with E-state index in [2.05, 4.69) is 25.8 Å². The quantitative estimate of drug-likeness (QED) is 0.323. The molecule has 2 heterocycles. The molecule has 3 rings (SSSR count). The van der Waals surface area contributed by atoms with Gasteiger partial charge in [0.05, 0.1) is 13.1 Å². The molecular weight excluding hydrogens is 488 g/mol. The Kier molecular flexibility index (Phi) is 8.69. The van der Waals surface area contributed by atoms with Crippen LogP contribution in [-0.4, -0.2) is 56.5 Å². The minimum Gasteiger partial charge on any atom is -0.459 e. The molecule has 1 saturated heterocycles. The number of furan rings is 1. The van der Waals surface area contributed by atoms with Crippen molar-refractivity contribution in [3.8, 4) is 0 Å². The number of benzene rings is 1. The first-order valence-corrected chi connectivity index (χ1v) is 9.57. The number of carbonyl (C=O) groups excluding carboxylic acids is 1. The van der Waals surface area contributed by atoms with E-state index in [1.807, 2.05) is 6.92 Å². The van der Waals surface area contributed by atoms with Crippen molar-refractivity contribution in [1.29, 1.82) is 0 Å². The molecule has 1 aromatic carbocycles. The number of nitrogens with zero attached hydrogens (tertiary/aromatic N) is 2. The Morgan fingerprint density at radius 2 is 2.07 bits per heavy atom. The monoisotopic (exact) mass is 517 g/mol. The minimum atomic E-state index is -0.267. The summed E-state index contributed by atoms with van der Waals surface area (Å²) < 4.78 is 19.3. The maximum Gasteiger partial charge on any atom is 0.233 e. The zero-order valence-electron chi connectivity index (χ0n) is 17.0. The highest BCUT2D eigenvalue weighted by molar-refractivity contribution is 14.0. The van der Waals surface area contributed by atoms with Gasteiger partial charge >= 0.3 is 0 Å². The van der Waals surface area contributed by atoms with Gasteiger partial charge in [-0.2, -0.15) is 0 Å². The van der Waals surface area contributed by atoms with Crippen LogP contribution in [0.3, 0.4) is 0 Å². The molecule has 2 aromatic rings. The molecule has 0 unspecified atom stereocenters. The summed E-state index contributed by atoms with van der Waals surface area (Å²) in [5, 5.41) is 10.2. The summed E-state index contributed by atoms with van der Waals surface area (Å²) in [5.41, 5.74) is 1.61. The van der Waals surface area contributed by atoms with Crippen molar-refractivity contribution in [2.75, 3.05) is 33.7 Å². The van der Waals surface area contributed by atoms with E-state index < -0.39 is 0 Å². The second-order valence-corrected chi connectivity index (χ2v) is 7.08. The van der Waals surface area contributed by atoms with Gasteiger partial charge in [-0.3, -0.25) is 14.7 Å². The number of amides is 1. The fourth-order valence-corrected chi connectivity index (χ4v) is 3.48. The fourth-order valence-electron chi connectivity index (χ4n) is 3.48. The van der Waals surface area contributed by atoms with E-state index in [9.17, 15) is 9.18 Å². The predicted molar refractivity (Wildman–Crippen MR) is 123 cm³/mol. The number of likely N-dealkylation sites (N-methyl/N-ethyl adjacent to an activating group) is 1. The number of hydrogen-bond acceptors (Lipinski definition) is 4. The molecule has 1 aromatic heterocycles. The first-order chi connectivity index (χ1) is 13.5. The van der Waals surface area contributed by atoms with Crippen LogP contribution in [0.5, 0.6) is 0 Å². The molecule has 0 atom stereocenters. The Morgan fingerprint density at radius 3 is 2.72 bits per heavy atom. The van der Waals surface area contributed by atoms with Gasteiger partial charge in [-0.15, -0.1) is 24.0 Å². The minimum absolute atomic E-state index is 0. The summed E-state index contributed by atoms with van der Waals surface area (Å²) in [6, 6.07) is 4.86. The highest BCUT2D eigenvalue weighted by atomic mass is 127. The van der Waals surface area contributed by atoms with Crippen molar-refractivity contribution < 1.29 is 13.6 Å². The van der Waals surface area contributed by atoms with E-state index in [1.165, 1.54) is 12.1 Å². The molecule has 1 aliphatic heterocycles. The van der Waals surface area contributed by atoms with Crippen LogP contribution in [0.25, 0.3) is 11.0 Å². The number of carbonyl (C=O) groups is 1. The number of guanidine groups is 1. The number of rotatable bonds is 5. The molecule has 1 aliphatic rings. The molecule has 0 saturated carbocycles. The third-order valence-corrected chi connectivity index (χ3v) is 5.21. The van der Waals surface area contributed by atoms with Gasteiger partial charge in [-0.1, -0.05) is 0 Å². The van der Waals surface area contributed by atoms with Crippen molar-refractivity contribution in [3.05, 3.63) is 35.3 Å². The lowest BCUT2D eigenvalue weighted by Crippen LogP contribution is -2.49. The molecule has 3 N–H and O–H groups in total. The molecule has 0 radical (unpaired) electrons. The molecule has 0 spiro atoms. The van der Waals surface area contributed by atoms with Crippen LogP contribution in [0.1, 0.15) is 24.2 Å². The average Bonchev–Trinajstić information content (AvgIpc) is 3.01. The second-order valence-electron chi connectivity index (χ2n) is 7.08. The lowest BCUT2D eigenvalue weighted by Gasteiger charge is -2.32. The van der Waals surface area contributed by atoms with E-state index in [4.69, 9.17) is 4.42 Å². The zero-order valence-corrected chi connectivity index (χ0v) is 19.4. The molecular formula is C20H29FIN5O2. The second kappa shape index (κ2) is 10.8. The lowest BCUT2D eigenvalue weighted by molar-refractivity contribution is -0.122. The number of aryl methyl sites for hydroxylation is 1. The van der Waals surface area contributed by atoms with Crippen LogP contribution < -0.4 is 16.0 Å². The van der Waals surface area contributed by atoms with E-state index >= 15 is 0 Å². The first-order valence-electron chi connectivity index (χ1n) is 9.57. The fraction of sp³-hybridized carbons (Fsp3) is 0.500. The highest BCUT2D eigenvalue weighted by Gasteiger charge is 2.21. The van der Waals surface area contributed by atoms with Gasteiger partial charge < -0.3 is 20.4 Å². The molecule has 160 valence electrons. The number of halogens is 2. The van der Waals surface area contributed by atoms with E-state index in [1.54, 1.807) is 20.2 Å². The van der Waals surface area contributed by atoms with Crippen molar-refractivity contribution in [2.45, 2.75) is 32.4 Å². The topological polar surface area (TPSA) is 81.9 Å². The number of likely N-dealkylation sites (tertiary alicyclic amines) is 1. The van der Waals surface area contributed by atoms with Crippen LogP contribution in [0.2, 0.25) is 0 Å². The Morgan fingerprint density at radius 1 is 1.34 bits per heavy atom. The highest BCUT2D eigenvalue weighted by Crippen LogP contribution is 2.25. The summed E-state index contributed by atoms with van der Waals surface area (Å²) in [7, 11) is 3.39. The molecule has 7 nitrogen and oxygen atoms in total. The van der Waals surface area contributed by atoms with E-state index in [0.717, 1.165) is 42.6 Å². The molecule has 0 bridgehead atoms.